The Balaban J connectivity index is 0. The van der Waals surface area contributed by atoms with Crippen LogP contribution in [0.1, 0.15) is 122 Å². The third-order valence-corrected chi connectivity index (χ3v) is 5.20. The summed E-state index contributed by atoms with van der Waals surface area (Å²) in [6, 6.07) is -0.862. The Morgan fingerprint density at radius 1 is 0.759 bits per heavy atom. The summed E-state index contributed by atoms with van der Waals surface area (Å²) in [4.78, 5) is 21.9. The molecule has 0 aromatic rings. The number of aliphatic carboxylic acids is 1. The molecule has 0 rings (SSSR count). The van der Waals surface area contributed by atoms with Crippen LogP contribution in [0.15, 0.2) is 0 Å². The molecule has 0 aromatic heterocycles. The van der Waals surface area contributed by atoms with E-state index in [0.717, 1.165) is 12.8 Å². The average molecular weight is 438 g/mol. The van der Waals surface area contributed by atoms with Crippen molar-refractivity contribution in [3.05, 3.63) is 0 Å². The molecule has 29 heavy (non-hydrogen) atoms. The van der Waals surface area contributed by atoms with Crippen LogP contribution in [0.2, 0.25) is 0 Å². The molecule has 0 saturated heterocycles. The molecule has 0 aromatic carbocycles. The number of hydrogen-bond acceptors (Lipinski definition) is 5. The second-order valence-electron chi connectivity index (χ2n) is 7.99. The van der Waals surface area contributed by atoms with Gasteiger partial charge in [0.25, 0.3) is 0 Å². The van der Waals surface area contributed by atoms with E-state index in [1.54, 1.807) is 0 Å². The Hall–Kier alpha value is 0.536. The fourth-order valence-electron chi connectivity index (χ4n) is 3.32. The summed E-state index contributed by atoms with van der Waals surface area (Å²) in [5, 5.41) is 10.3. The number of hydrogen-bond donors (Lipinski definition) is 1. The Labute approximate surface area is 221 Å². The minimum atomic E-state index is -1.19. The first-order valence-corrected chi connectivity index (χ1v) is 11.7. The van der Waals surface area contributed by atoms with Gasteiger partial charge < -0.3 is 20.4 Å². The number of esters is 1. The Morgan fingerprint density at radius 3 is 1.52 bits per heavy atom. The van der Waals surface area contributed by atoms with Crippen LogP contribution in [0.4, 0.5) is 0 Å². The molecule has 1 atom stereocenters. The van der Waals surface area contributed by atoms with E-state index in [0.29, 0.717) is 6.61 Å². The minimum Gasteiger partial charge on any atom is -0.550 e. The van der Waals surface area contributed by atoms with Gasteiger partial charge in [0.1, 0.15) is 6.04 Å². The maximum absolute atomic E-state index is 11.6. The van der Waals surface area contributed by atoms with E-state index in [9.17, 15) is 14.7 Å². The molecule has 0 amide bonds. The standard InChI is InChI=1S/C23H45NO4.K/c1-2-3-4-5-6-7-8-9-10-11-12-13-14-15-16-17-20-28-23(27)21(24)18-19-22(25)26;/h21H,2-20,24H2,1H3,(H,25,26);/q;+1/p-1. The molecule has 0 spiro atoms. The predicted molar refractivity (Wildman–Crippen MR) is 113 cm³/mol. The van der Waals surface area contributed by atoms with Crippen LogP contribution in [0.5, 0.6) is 0 Å². The van der Waals surface area contributed by atoms with Gasteiger partial charge in [-0.05, 0) is 19.3 Å². The number of carboxylic acid groups (broad SMARTS) is 1. The first-order valence-electron chi connectivity index (χ1n) is 11.7. The number of ether oxygens (including phenoxy) is 1. The fraction of sp³-hybridized carbons (Fsp3) is 0.913. The van der Waals surface area contributed by atoms with Crippen LogP contribution in [0, 0.1) is 0 Å². The first-order chi connectivity index (χ1) is 13.6. The zero-order valence-electron chi connectivity index (χ0n) is 19.2. The van der Waals surface area contributed by atoms with Crippen LogP contribution >= 0.6 is 0 Å². The predicted octanol–water partition coefficient (Wildman–Crippen LogP) is 1.65. The molecule has 0 saturated carbocycles. The van der Waals surface area contributed by atoms with Crippen LogP contribution in [-0.4, -0.2) is 24.6 Å². The van der Waals surface area contributed by atoms with Gasteiger partial charge in [0, 0.05) is 5.97 Å². The molecule has 0 bridgehead atoms. The summed E-state index contributed by atoms with van der Waals surface area (Å²) in [5.74, 6) is -1.71. The molecule has 0 aliphatic heterocycles. The molecule has 5 nitrogen and oxygen atoms in total. The normalized spacial score (nSPS) is 11.7. The van der Waals surface area contributed by atoms with E-state index >= 15 is 0 Å². The summed E-state index contributed by atoms with van der Waals surface area (Å²) in [7, 11) is 0. The molecule has 0 aliphatic rings. The monoisotopic (exact) mass is 437 g/mol. The summed E-state index contributed by atoms with van der Waals surface area (Å²) in [5.41, 5.74) is 5.57. The number of carbonyl (C=O) groups excluding carboxylic acids is 2. The zero-order chi connectivity index (χ0) is 20.9. The van der Waals surface area contributed by atoms with Crippen molar-refractivity contribution in [1.29, 1.82) is 0 Å². The number of carboxylic acids is 1. The van der Waals surface area contributed by atoms with Gasteiger partial charge in [0.05, 0.1) is 6.61 Å². The third kappa shape index (κ3) is 24.7. The van der Waals surface area contributed by atoms with Crippen LogP contribution in [0.3, 0.4) is 0 Å². The Morgan fingerprint density at radius 2 is 1.14 bits per heavy atom. The Kier molecular flexibility index (Phi) is 27.1. The SMILES string of the molecule is CCCCCCCCCCCCCCCCCCOC(=O)C(N)CCC(=O)[O-].[K+]. The molecular formula is C23H44KNO4. The van der Waals surface area contributed by atoms with Gasteiger partial charge in [0.2, 0.25) is 0 Å². The van der Waals surface area contributed by atoms with E-state index < -0.39 is 18.0 Å². The molecular weight excluding hydrogens is 393 g/mol. The summed E-state index contributed by atoms with van der Waals surface area (Å²) in [6.45, 7) is 2.64. The topological polar surface area (TPSA) is 92.5 Å². The van der Waals surface area contributed by atoms with Crippen molar-refractivity contribution in [3.8, 4) is 0 Å². The minimum absolute atomic E-state index is 0. The second-order valence-corrected chi connectivity index (χ2v) is 7.99. The summed E-state index contributed by atoms with van der Waals surface area (Å²) >= 11 is 0. The average Bonchev–Trinajstić information content (AvgIpc) is 2.68. The fourth-order valence-corrected chi connectivity index (χ4v) is 3.32. The van der Waals surface area contributed by atoms with E-state index in [4.69, 9.17) is 10.5 Å². The maximum atomic E-state index is 11.6. The van der Waals surface area contributed by atoms with Gasteiger partial charge in [-0.3, -0.25) is 4.79 Å². The van der Waals surface area contributed by atoms with Gasteiger partial charge in [-0.25, -0.2) is 0 Å². The number of rotatable bonds is 21. The number of unbranched alkanes of at least 4 members (excludes halogenated alkanes) is 15. The molecule has 0 fully saturated rings. The van der Waals surface area contributed by atoms with Gasteiger partial charge in [-0.2, -0.15) is 0 Å². The molecule has 166 valence electrons. The maximum Gasteiger partial charge on any atom is 1.00 e. The number of nitrogens with two attached hydrogens (primary N) is 1. The second kappa shape index (κ2) is 24.8. The summed E-state index contributed by atoms with van der Waals surface area (Å²) < 4.78 is 5.08. The van der Waals surface area contributed by atoms with E-state index in [-0.39, 0.29) is 64.2 Å². The first kappa shape index (κ1) is 31.7. The van der Waals surface area contributed by atoms with Crippen molar-refractivity contribution in [2.24, 2.45) is 5.73 Å². The van der Waals surface area contributed by atoms with Gasteiger partial charge in [0.15, 0.2) is 0 Å². The van der Waals surface area contributed by atoms with Gasteiger partial charge in [-0.1, -0.05) is 103 Å². The van der Waals surface area contributed by atoms with Crippen molar-refractivity contribution in [3.63, 3.8) is 0 Å². The molecule has 0 radical (unpaired) electrons. The van der Waals surface area contributed by atoms with Gasteiger partial charge >= 0.3 is 57.4 Å². The quantitative estimate of drug-likeness (QED) is 0.167. The van der Waals surface area contributed by atoms with Crippen molar-refractivity contribution in [2.75, 3.05) is 6.61 Å². The van der Waals surface area contributed by atoms with E-state index in [2.05, 4.69) is 6.92 Å². The smallest absolute Gasteiger partial charge is 0.550 e. The van der Waals surface area contributed by atoms with Crippen molar-refractivity contribution in [2.45, 2.75) is 129 Å². The van der Waals surface area contributed by atoms with Crippen LogP contribution in [-0.2, 0) is 14.3 Å². The molecule has 1 unspecified atom stereocenters. The van der Waals surface area contributed by atoms with Crippen LogP contribution < -0.4 is 62.2 Å². The molecule has 2 N–H and O–H groups in total. The van der Waals surface area contributed by atoms with E-state index in [1.165, 1.54) is 89.9 Å². The van der Waals surface area contributed by atoms with Crippen molar-refractivity contribution < 1.29 is 70.8 Å². The van der Waals surface area contributed by atoms with Gasteiger partial charge in [-0.15, -0.1) is 0 Å². The molecule has 0 aliphatic carbocycles. The third-order valence-electron chi connectivity index (χ3n) is 5.20. The van der Waals surface area contributed by atoms with Crippen molar-refractivity contribution in [1.82, 2.24) is 0 Å². The molecule has 6 heteroatoms. The Bertz CT molecular complexity index is 380. The van der Waals surface area contributed by atoms with Crippen molar-refractivity contribution >= 4 is 11.9 Å². The molecule has 0 heterocycles. The largest absolute Gasteiger partial charge is 1.00 e. The number of carbonyl (C=O) groups is 2. The van der Waals surface area contributed by atoms with E-state index in [1.807, 2.05) is 0 Å². The van der Waals surface area contributed by atoms with Crippen LogP contribution in [0.25, 0.3) is 0 Å². The zero-order valence-corrected chi connectivity index (χ0v) is 22.3. The summed E-state index contributed by atoms with van der Waals surface area (Å²) in [6.07, 6.45) is 20.7.